The van der Waals surface area contributed by atoms with Crippen LogP contribution in [-0.4, -0.2) is 23.4 Å². The molecule has 0 aromatic carbocycles. The molecule has 1 amide bonds. The number of hydrogen-bond acceptors (Lipinski definition) is 4. The number of amides is 1. The fourth-order valence-corrected chi connectivity index (χ4v) is 2.23. The lowest BCUT2D eigenvalue weighted by Crippen LogP contribution is -2.25. The van der Waals surface area contributed by atoms with Crippen LogP contribution in [0.25, 0.3) is 0 Å². The standard InChI is InChI=1S/C10H14N2O2S/c1-6-10(7(2)14-11-6)12-4-8(5-15)3-9(12)13/h8,15H,3-5H2,1-2H3. The number of thiol groups is 1. The first-order chi connectivity index (χ1) is 7.13. The monoisotopic (exact) mass is 226 g/mol. The molecular weight excluding hydrogens is 212 g/mol. The Morgan fingerprint density at radius 3 is 2.80 bits per heavy atom. The van der Waals surface area contributed by atoms with E-state index in [1.807, 2.05) is 13.8 Å². The van der Waals surface area contributed by atoms with Crippen molar-refractivity contribution in [2.24, 2.45) is 5.92 Å². The van der Waals surface area contributed by atoms with Crippen LogP contribution in [0.15, 0.2) is 4.52 Å². The topological polar surface area (TPSA) is 46.3 Å². The Hall–Kier alpha value is -0.970. The molecule has 0 saturated carbocycles. The Morgan fingerprint density at radius 2 is 2.33 bits per heavy atom. The molecule has 0 aliphatic carbocycles. The van der Waals surface area contributed by atoms with Crippen molar-refractivity contribution in [2.45, 2.75) is 20.3 Å². The normalized spacial score (nSPS) is 21.4. The zero-order valence-electron chi connectivity index (χ0n) is 8.86. The highest BCUT2D eigenvalue weighted by Gasteiger charge is 2.32. The van der Waals surface area contributed by atoms with Gasteiger partial charge in [0.25, 0.3) is 0 Å². The third kappa shape index (κ3) is 1.76. The highest BCUT2D eigenvalue weighted by molar-refractivity contribution is 7.80. The molecule has 1 aromatic rings. The second-order valence-electron chi connectivity index (χ2n) is 3.93. The Bertz CT molecular complexity index is 369. The van der Waals surface area contributed by atoms with Crippen molar-refractivity contribution in [1.82, 2.24) is 5.16 Å². The zero-order chi connectivity index (χ0) is 11.0. The van der Waals surface area contributed by atoms with Crippen LogP contribution in [0, 0.1) is 19.8 Å². The highest BCUT2D eigenvalue weighted by Crippen LogP contribution is 2.30. The maximum absolute atomic E-state index is 11.8. The average molecular weight is 226 g/mol. The summed E-state index contributed by atoms with van der Waals surface area (Å²) in [6.07, 6.45) is 0.577. The molecule has 4 nitrogen and oxygen atoms in total. The summed E-state index contributed by atoms with van der Waals surface area (Å²) in [6, 6.07) is 0. The molecule has 1 aliphatic heterocycles. The number of nitrogens with zero attached hydrogens (tertiary/aromatic N) is 2. The fourth-order valence-electron chi connectivity index (χ4n) is 1.98. The Kier molecular flexibility index (Phi) is 2.73. The van der Waals surface area contributed by atoms with E-state index in [-0.39, 0.29) is 5.91 Å². The van der Waals surface area contributed by atoms with Crippen LogP contribution in [0.1, 0.15) is 17.9 Å². The molecular formula is C10H14N2O2S. The predicted molar refractivity (Wildman–Crippen MR) is 60.3 cm³/mol. The first-order valence-corrected chi connectivity index (χ1v) is 5.60. The molecule has 0 spiro atoms. The van der Waals surface area contributed by atoms with Crippen molar-refractivity contribution in [3.63, 3.8) is 0 Å². The second kappa shape index (κ2) is 3.89. The Labute approximate surface area is 94.0 Å². The smallest absolute Gasteiger partial charge is 0.227 e. The fraction of sp³-hybridized carbons (Fsp3) is 0.600. The molecule has 0 radical (unpaired) electrons. The maximum atomic E-state index is 11.8. The van der Waals surface area contributed by atoms with Crippen molar-refractivity contribution in [2.75, 3.05) is 17.2 Å². The van der Waals surface area contributed by atoms with Crippen molar-refractivity contribution in [1.29, 1.82) is 0 Å². The van der Waals surface area contributed by atoms with E-state index in [1.54, 1.807) is 4.90 Å². The average Bonchev–Trinajstić information content (AvgIpc) is 2.71. The van der Waals surface area contributed by atoms with Crippen LogP contribution in [-0.2, 0) is 4.79 Å². The molecule has 82 valence electrons. The summed E-state index contributed by atoms with van der Waals surface area (Å²) in [5, 5.41) is 3.86. The summed E-state index contributed by atoms with van der Waals surface area (Å²) in [4.78, 5) is 13.5. The van der Waals surface area contributed by atoms with Gasteiger partial charge in [0.1, 0.15) is 11.4 Å². The van der Waals surface area contributed by atoms with E-state index < -0.39 is 0 Å². The molecule has 1 unspecified atom stereocenters. The summed E-state index contributed by atoms with van der Waals surface area (Å²) < 4.78 is 5.06. The molecule has 1 saturated heterocycles. The first kappa shape index (κ1) is 10.5. The van der Waals surface area contributed by atoms with E-state index in [0.29, 0.717) is 18.1 Å². The van der Waals surface area contributed by atoms with E-state index in [0.717, 1.165) is 23.7 Å². The van der Waals surface area contributed by atoms with Gasteiger partial charge in [-0.05, 0) is 25.5 Å². The summed E-state index contributed by atoms with van der Waals surface area (Å²) >= 11 is 4.23. The molecule has 1 fully saturated rings. The number of hydrogen-bond donors (Lipinski definition) is 1. The number of aryl methyl sites for hydroxylation is 2. The van der Waals surface area contributed by atoms with Crippen LogP contribution in [0.4, 0.5) is 5.69 Å². The van der Waals surface area contributed by atoms with E-state index in [2.05, 4.69) is 17.8 Å². The molecule has 15 heavy (non-hydrogen) atoms. The van der Waals surface area contributed by atoms with Crippen molar-refractivity contribution in [3.8, 4) is 0 Å². The molecule has 2 heterocycles. The van der Waals surface area contributed by atoms with Gasteiger partial charge in [0.2, 0.25) is 5.91 Å². The minimum absolute atomic E-state index is 0.142. The van der Waals surface area contributed by atoms with Gasteiger partial charge in [0.05, 0.1) is 0 Å². The van der Waals surface area contributed by atoms with E-state index in [9.17, 15) is 4.79 Å². The molecule has 2 rings (SSSR count). The molecule has 0 N–H and O–H groups in total. The molecule has 1 aromatic heterocycles. The van der Waals surface area contributed by atoms with Crippen LogP contribution in [0.2, 0.25) is 0 Å². The predicted octanol–water partition coefficient (Wildman–Crippen LogP) is 1.57. The number of carbonyl (C=O) groups is 1. The third-order valence-electron chi connectivity index (χ3n) is 2.73. The summed E-state index contributed by atoms with van der Waals surface area (Å²) in [6.45, 7) is 4.41. The van der Waals surface area contributed by atoms with Gasteiger partial charge < -0.3 is 9.42 Å². The first-order valence-electron chi connectivity index (χ1n) is 4.97. The van der Waals surface area contributed by atoms with Gasteiger partial charge >= 0.3 is 0 Å². The zero-order valence-corrected chi connectivity index (χ0v) is 9.75. The van der Waals surface area contributed by atoms with Gasteiger partial charge in [0, 0.05) is 13.0 Å². The minimum atomic E-state index is 0.142. The van der Waals surface area contributed by atoms with Crippen molar-refractivity contribution in [3.05, 3.63) is 11.5 Å². The number of aromatic nitrogens is 1. The van der Waals surface area contributed by atoms with Gasteiger partial charge in [-0.15, -0.1) is 0 Å². The lowest BCUT2D eigenvalue weighted by atomic mass is 10.1. The molecule has 1 atom stereocenters. The van der Waals surface area contributed by atoms with Gasteiger partial charge in [0.15, 0.2) is 5.76 Å². The lowest BCUT2D eigenvalue weighted by Gasteiger charge is -2.15. The third-order valence-corrected chi connectivity index (χ3v) is 3.25. The van der Waals surface area contributed by atoms with E-state index >= 15 is 0 Å². The summed E-state index contributed by atoms with van der Waals surface area (Å²) in [5.74, 6) is 1.93. The Morgan fingerprint density at radius 1 is 1.60 bits per heavy atom. The number of rotatable bonds is 2. The van der Waals surface area contributed by atoms with E-state index in [4.69, 9.17) is 4.52 Å². The van der Waals surface area contributed by atoms with Crippen LogP contribution >= 0.6 is 12.6 Å². The molecule has 5 heteroatoms. The highest BCUT2D eigenvalue weighted by atomic mass is 32.1. The maximum Gasteiger partial charge on any atom is 0.227 e. The lowest BCUT2D eigenvalue weighted by molar-refractivity contribution is -0.117. The summed E-state index contributed by atoms with van der Waals surface area (Å²) in [7, 11) is 0. The van der Waals surface area contributed by atoms with Crippen LogP contribution in [0.3, 0.4) is 0 Å². The second-order valence-corrected chi connectivity index (χ2v) is 4.29. The molecule has 0 bridgehead atoms. The van der Waals surface area contributed by atoms with Gasteiger partial charge in [-0.3, -0.25) is 4.79 Å². The van der Waals surface area contributed by atoms with Gasteiger partial charge in [-0.2, -0.15) is 12.6 Å². The number of carbonyl (C=O) groups excluding carboxylic acids is 1. The SMILES string of the molecule is Cc1noc(C)c1N1CC(CS)CC1=O. The van der Waals surface area contributed by atoms with Gasteiger partial charge in [-0.1, -0.05) is 5.16 Å². The largest absolute Gasteiger partial charge is 0.359 e. The summed E-state index contributed by atoms with van der Waals surface area (Å²) in [5.41, 5.74) is 1.62. The van der Waals surface area contributed by atoms with Gasteiger partial charge in [-0.25, -0.2) is 0 Å². The van der Waals surface area contributed by atoms with E-state index in [1.165, 1.54) is 0 Å². The molecule has 1 aliphatic rings. The minimum Gasteiger partial charge on any atom is -0.359 e. The Balaban J connectivity index is 2.29. The van der Waals surface area contributed by atoms with Crippen molar-refractivity contribution >= 4 is 24.2 Å². The van der Waals surface area contributed by atoms with Crippen LogP contribution < -0.4 is 4.90 Å². The quantitative estimate of drug-likeness (QED) is 0.779. The van der Waals surface area contributed by atoms with Crippen LogP contribution in [0.5, 0.6) is 0 Å². The van der Waals surface area contributed by atoms with Crippen molar-refractivity contribution < 1.29 is 9.32 Å². The number of anilines is 1.